The minimum atomic E-state index is -0.366. The lowest BCUT2D eigenvalue weighted by atomic mass is 10.2. The van der Waals surface area contributed by atoms with Crippen molar-refractivity contribution in [3.05, 3.63) is 0 Å². The monoisotopic (exact) mass is 216 g/mol. The van der Waals surface area contributed by atoms with Crippen molar-refractivity contribution >= 4 is 6.03 Å². The first kappa shape index (κ1) is 12.3. The molecule has 0 saturated carbocycles. The van der Waals surface area contributed by atoms with Gasteiger partial charge in [0.2, 0.25) is 0 Å². The van der Waals surface area contributed by atoms with Gasteiger partial charge in [-0.2, -0.15) is 0 Å². The first-order chi connectivity index (χ1) is 7.09. The quantitative estimate of drug-likeness (QED) is 0.705. The first-order valence-corrected chi connectivity index (χ1v) is 5.37. The molecule has 1 saturated heterocycles. The van der Waals surface area contributed by atoms with Crippen molar-refractivity contribution in [2.24, 2.45) is 0 Å². The zero-order valence-electron chi connectivity index (χ0n) is 9.40. The molecule has 0 spiro atoms. The SMILES string of the molecule is CC(O)CCN(C)C(=O)NC1CCOC1. The van der Waals surface area contributed by atoms with Crippen LogP contribution in [0.4, 0.5) is 4.79 Å². The van der Waals surface area contributed by atoms with E-state index in [-0.39, 0.29) is 18.2 Å². The molecule has 5 heteroatoms. The molecule has 0 aliphatic carbocycles. The first-order valence-electron chi connectivity index (χ1n) is 5.37. The van der Waals surface area contributed by atoms with Gasteiger partial charge in [-0.3, -0.25) is 0 Å². The number of urea groups is 1. The Morgan fingerprint density at radius 2 is 2.47 bits per heavy atom. The van der Waals surface area contributed by atoms with Crippen molar-refractivity contribution in [3.8, 4) is 0 Å². The molecule has 2 amide bonds. The average Bonchev–Trinajstić information content (AvgIpc) is 2.66. The summed E-state index contributed by atoms with van der Waals surface area (Å²) in [5.74, 6) is 0. The number of hydrogen-bond acceptors (Lipinski definition) is 3. The topological polar surface area (TPSA) is 61.8 Å². The van der Waals surface area contributed by atoms with Crippen molar-refractivity contribution in [1.82, 2.24) is 10.2 Å². The van der Waals surface area contributed by atoms with Crippen LogP contribution in [0.25, 0.3) is 0 Å². The molecule has 0 aromatic rings. The number of carbonyl (C=O) groups is 1. The number of aliphatic hydroxyl groups excluding tert-OH is 1. The summed E-state index contributed by atoms with van der Waals surface area (Å²) in [7, 11) is 1.73. The van der Waals surface area contributed by atoms with E-state index in [0.717, 1.165) is 13.0 Å². The largest absolute Gasteiger partial charge is 0.393 e. The van der Waals surface area contributed by atoms with E-state index in [1.165, 1.54) is 0 Å². The maximum atomic E-state index is 11.6. The van der Waals surface area contributed by atoms with Crippen LogP contribution < -0.4 is 5.32 Å². The van der Waals surface area contributed by atoms with Gasteiger partial charge in [0.15, 0.2) is 0 Å². The molecule has 5 nitrogen and oxygen atoms in total. The molecule has 1 aliphatic rings. The number of nitrogens with one attached hydrogen (secondary N) is 1. The Hall–Kier alpha value is -0.810. The van der Waals surface area contributed by atoms with Gasteiger partial charge < -0.3 is 20.1 Å². The maximum absolute atomic E-state index is 11.6. The Labute approximate surface area is 90.4 Å². The molecule has 0 bridgehead atoms. The number of nitrogens with zero attached hydrogens (tertiary/aromatic N) is 1. The van der Waals surface area contributed by atoms with Gasteiger partial charge in [-0.25, -0.2) is 4.79 Å². The van der Waals surface area contributed by atoms with Crippen molar-refractivity contribution in [2.45, 2.75) is 31.9 Å². The molecular weight excluding hydrogens is 196 g/mol. The minimum absolute atomic E-state index is 0.0915. The summed E-state index contributed by atoms with van der Waals surface area (Å²) in [5, 5.41) is 12.0. The highest BCUT2D eigenvalue weighted by Crippen LogP contribution is 2.04. The van der Waals surface area contributed by atoms with Gasteiger partial charge in [0.1, 0.15) is 0 Å². The molecule has 2 unspecified atom stereocenters. The fourth-order valence-corrected chi connectivity index (χ4v) is 1.42. The molecule has 0 aromatic heterocycles. The second kappa shape index (κ2) is 5.92. The molecule has 2 atom stereocenters. The molecular formula is C10H20N2O3. The summed E-state index contributed by atoms with van der Waals surface area (Å²) >= 11 is 0. The van der Waals surface area contributed by atoms with Gasteiger partial charge in [0.25, 0.3) is 0 Å². The van der Waals surface area contributed by atoms with Crippen molar-refractivity contribution in [2.75, 3.05) is 26.8 Å². The van der Waals surface area contributed by atoms with Crippen LogP contribution >= 0.6 is 0 Å². The van der Waals surface area contributed by atoms with E-state index in [2.05, 4.69) is 5.32 Å². The molecule has 1 rings (SSSR count). The highest BCUT2D eigenvalue weighted by molar-refractivity contribution is 5.74. The van der Waals surface area contributed by atoms with Crippen LogP contribution in [0.1, 0.15) is 19.8 Å². The predicted molar refractivity (Wildman–Crippen MR) is 56.7 cm³/mol. The highest BCUT2D eigenvalue weighted by Gasteiger charge is 2.19. The van der Waals surface area contributed by atoms with Crippen molar-refractivity contribution in [3.63, 3.8) is 0 Å². The summed E-state index contributed by atoms with van der Waals surface area (Å²) in [6.07, 6.45) is 1.12. The molecule has 0 radical (unpaired) electrons. The van der Waals surface area contributed by atoms with Gasteiger partial charge in [-0.1, -0.05) is 0 Å². The van der Waals surface area contributed by atoms with E-state index in [4.69, 9.17) is 9.84 Å². The summed E-state index contributed by atoms with van der Waals surface area (Å²) < 4.78 is 5.16. The number of rotatable bonds is 4. The van der Waals surface area contributed by atoms with Crippen LogP contribution in [0, 0.1) is 0 Å². The zero-order chi connectivity index (χ0) is 11.3. The lowest BCUT2D eigenvalue weighted by Gasteiger charge is -2.20. The molecule has 2 N–H and O–H groups in total. The number of amides is 2. The Morgan fingerprint density at radius 3 is 3.00 bits per heavy atom. The Kier molecular flexibility index (Phi) is 4.84. The Morgan fingerprint density at radius 1 is 1.73 bits per heavy atom. The van der Waals surface area contributed by atoms with Crippen LogP contribution in [-0.4, -0.2) is 55.0 Å². The molecule has 1 aliphatic heterocycles. The van der Waals surface area contributed by atoms with Crippen LogP contribution in [0.5, 0.6) is 0 Å². The second-order valence-electron chi connectivity index (χ2n) is 4.07. The van der Waals surface area contributed by atoms with Gasteiger partial charge in [-0.05, 0) is 19.8 Å². The third kappa shape index (κ3) is 4.48. The van der Waals surface area contributed by atoms with Crippen LogP contribution in [0.2, 0.25) is 0 Å². The molecule has 1 fully saturated rings. The van der Waals surface area contributed by atoms with E-state index in [1.54, 1.807) is 18.9 Å². The molecule has 15 heavy (non-hydrogen) atoms. The average molecular weight is 216 g/mol. The van der Waals surface area contributed by atoms with E-state index < -0.39 is 0 Å². The van der Waals surface area contributed by atoms with Gasteiger partial charge in [-0.15, -0.1) is 0 Å². The lowest BCUT2D eigenvalue weighted by Crippen LogP contribution is -2.44. The number of ether oxygens (including phenoxy) is 1. The van der Waals surface area contributed by atoms with Crippen LogP contribution in [0.15, 0.2) is 0 Å². The van der Waals surface area contributed by atoms with Gasteiger partial charge in [0.05, 0.1) is 18.8 Å². The predicted octanol–water partition coefficient (Wildman–Crippen LogP) is 0.188. The normalized spacial score (nSPS) is 22.5. The lowest BCUT2D eigenvalue weighted by molar-refractivity contribution is 0.160. The van der Waals surface area contributed by atoms with E-state index in [1.807, 2.05) is 0 Å². The smallest absolute Gasteiger partial charge is 0.317 e. The zero-order valence-corrected chi connectivity index (χ0v) is 9.40. The summed E-state index contributed by atoms with van der Waals surface area (Å²) in [6, 6.07) is 0.0534. The van der Waals surface area contributed by atoms with Crippen molar-refractivity contribution < 1.29 is 14.6 Å². The van der Waals surface area contributed by atoms with E-state index in [9.17, 15) is 4.79 Å². The van der Waals surface area contributed by atoms with E-state index in [0.29, 0.717) is 19.6 Å². The molecule has 1 heterocycles. The number of hydrogen-bond donors (Lipinski definition) is 2. The van der Waals surface area contributed by atoms with Crippen molar-refractivity contribution in [1.29, 1.82) is 0 Å². The summed E-state index contributed by atoms with van der Waals surface area (Å²) in [6.45, 7) is 3.62. The molecule has 0 aromatic carbocycles. The summed E-state index contributed by atoms with van der Waals surface area (Å²) in [4.78, 5) is 13.2. The summed E-state index contributed by atoms with van der Waals surface area (Å²) in [5.41, 5.74) is 0. The van der Waals surface area contributed by atoms with Crippen LogP contribution in [-0.2, 0) is 4.74 Å². The fourth-order valence-electron chi connectivity index (χ4n) is 1.42. The van der Waals surface area contributed by atoms with E-state index >= 15 is 0 Å². The molecule has 88 valence electrons. The van der Waals surface area contributed by atoms with Gasteiger partial charge >= 0.3 is 6.03 Å². The fraction of sp³-hybridized carbons (Fsp3) is 0.900. The third-order valence-electron chi connectivity index (χ3n) is 2.49. The minimum Gasteiger partial charge on any atom is -0.393 e. The number of aliphatic hydroxyl groups is 1. The van der Waals surface area contributed by atoms with Gasteiger partial charge in [0, 0.05) is 20.2 Å². The second-order valence-corrected chi connectivity index (χ2v) is 4.07. The standard InChI is InChI=1S/C10H20N2O3/c1-8(13)3-5-12(2)10(14)11-9-4-6-15-7-9/h8-9,13H,3-7H2,1-2H3,(H,11,14). The third-order valence-corrected chi connectivity index (χ3v) is 2.49. The highest BCUT2D eigenvalue weighted by atomic mass is 16.5. The Bertz CT molecular complexity index is 203. The number of carbonyl (C=O) groups excluding carboxylic acids is 1. The van der Waals surface area contributed by atoms with Crippen LogP contribution in [0.3, 0.4) is 0 Å². The maximum Gasteiger partial charge on any atom is 0.317 e. The Balaban J connectivity index is 2.20.